The van der Waals surface area contributed by atoms with Crippen molar-refractivity contribution in [3.63, 3.8) is 0 Å². The molecule has 5 heterocycles. The Morgan fingerprint density at radius 2 is 1.86 bits per heavy atom. The molecule has 3 aliphatic rings. The van der Waals surface area contributed by atoms with Gasteiger partial charge in [0.2, 0.25) is 0 Å². The van der Waals surface area contributed by atoms with Crippen molar-refractivity contribution in [2.75, 3.05) is 53.1 Å². The van der Waals surface area contributed by atoms with Crippen LogP contribution in [0.25, 0.3) is 21.8 Å². The number of H-pyrrole nitrogens is 1. The number of carbonyl (C=O) groups excluding carboxylic acids is 1. The first-order chi connectivity index (χ1) is 17.5. The van der Waals surface area contributed by atoms with Gasteiger partial charge in [0.1, 0.15) is 0 Å². The topological polar surface area (TPSA) is 92.7 Å². The number of hydrogen-bond donors (Lipinski definition) is 1. The smallest absolute Gasteiger partial charge is 0.259 e. The number of methoxy groups -OCH3 is 1. The van der Waals surface area contributed by atoms with E-state index in [-0.39, 0.29) is 17.5 Å². The third-order valence-corrected chi connectivity index (χ3v) is 8.33. The summed E-state index contributed by atoms with van der Waals surface area (Å²) in [5.41, 5.74) is 3.01. The van der Waals surface area contributed by atoms with Gasteiger partial charge in [0.15, 0.2) is 0 Å². The Morgan fingerprint density at radius 1 is 1.11 bits per heavy atom. The van der Waals surface area contributed by atoms with Gasteiger partial charge in [0, 0.05) is 69.4 Å². The van der Waals surface area contributed by atoms with Crippen molar-refractivity contribution in [3.05, 3.63) is 39.8 Å². The molecule has 36 heavy (non-hydrogen) atoms. The van der Waals surface area contributed by atoms with E-state index < -0.39 is 0 Å². The van der Waals surface area contributed by atoms with Crippen LogP contribution in [-0.4, -0.2) is 89.6 Å². The summed E-state index contributed by atoms with van der Waals surface area (Å²) in [5.74, 6) is 0.720. The summed E-state index contributed by atoms with van der Waals surface area (Å²) in [6.07, 6.45) is 5.39. The summed E-state index contributed by atoms with van der Waals surface area (Å²) in [6.45, 7) is 7.92. The highest BCUT2D eigenvalue weighted by Gasteiger charge is 2.35. The monoisotopic (exact) mass is 493 g/mol. The van der Waals surface area contributed by atoms with Crippen molar-refractivity contribution >= 4 is 27.7 Å². The van der Waals surface area contributed by atoms with Gasteiger partial charge < -0.3 is 19.4 Å². The lowest BCUT2D eigenvalue weighted by molar-refractivity contribution is -0.0116. The Bertz CT molecular complexity index is 1330. The maximum absolute atomic E-state index is 13.7. The lowest BCUT2D eigenvalue weighted by atomic mass is 9.93. The zero-order chi connectivity index (χ0) is 24.8. The Labute approximate surface area is 210 Å². The summed E-state index contributed by atoms with van der Waals surface area (Å²) in [7, 11) is 1.77. The molecule has 3 aromatic rings. The fraction of sp³-hybridized carbons (Fsp3) is 0.593. The van der Waals surface area contributed by atoms with Crippen LogP contribution in [0.15, 0.2) is 23.1 Å². The molecule has 1 N–H and O–H groups in total. The Hall–Kier alpha value is -2.75. The van der Waals surface area contributed by atoms with Crippen molar-refractivity contribution in [3.8, 4) is 0 Å². The molecule has 1 amide bonds. The molecule has 3 aliphatic heterocycles. The lowest BCUT2D eigenvalue weighted by Crippen LogP contribution is -2.56. The van der Waals surface area contributed by atoms with Gasteiger partial charge >= 0.3 is 0 Å². The number of aromatic nitrogens is 3. The van der Waals surface area contributed by atoms with E-state index in [1.807, 2.05) is 28.6 Å². The first-order valence-corrected chi connectivity index (χ1v) is 13.2. The second-order valence-corrected chi connectivity index (χ2v) is 10.7. The van der Waals surface area contributed by atoms with Gasteiger partial charge in [-0.1, -0.05) is 0 Å². The van der Waals surface area contributed by atoms with E-state index in [4.69, 9.17) is 9.47 Å². The largest absolute Gasteiger partial charge is 0.384 e. The minimum Gasteiger partial charge on any atom is -0.384 e. The fourth-order valence-electron chi connectivity index (χ4n) is 6.28. The predicted octanol–water partition coefficient (Wildman–Crippen LogP) is 2.72. The van der Waals surface area contributed by atoms with Gasteiger partial charge in [0.25, 0.3) is 11.5 Å². The van der Waals surface area contributed by atoms with Crippen LogP contribution in [0.3, 0.4) is 0 Å². The number of aryl methyl sites for hydroxylation is 1. The molecule has 6 rings (SSSR count). The summed E-state index contributed by atoms with van der Waals surface area (Å²) >= 11 is 0. The second kappa shape index (κ2) is 9.61. The Balaban J connectivity index is 1.27. The number of ether oxygens (including phenoxy) is 2. The first-order valence-electron chi connectivity index (χ1n) is 13.2. The molecule has 0 bridgehead atoms. The number of fused-ring (bicyclic) bond motifs is 3. The third-order valence-electron chi connectivity index (χ3n) is 8.33. The average molecular weight is 494 g/mol. The number of amides is 1. The standard InChI is InChI=1S/C27H35N5O4/c1-17-11-24-22(25-23(26(33)29-24)13-28-32(25)20-5-9-36-10-6-20)12-21(17)27(34)30-7-3-19(4-8-30)31-14-18(15-31)16-35-2/h11-13,18-20H,3-10,14-16H2,1-2H3,(H,29,33). The van der Waals surface area contributed by atoms with Crippen LogP contribution < -0.4 is 5.56 Å². The molecule has 3 fully saturated rings. The predicted molar refractivity (Wildman–Crippen MR) is 138 cm³/mol. The first kappa shape index (κ1) is 23.6. The van der Waals surface area contributed by atoms with Crippen LogP contribution >= 0.6 is 0 Å². The van der Waals surface area contributed by atoms with Gasteiger partial charge in [-0.25, -0.2) is 0 Å². The van der Waals surface area contributed by atoms with E-state index >= 15 is 0 Å². The molecule has 0 spiro atoms. The van der Waals surface area contributed by atoms with Crippen molar-refractivity contribution in [1.82, 2.24) is 24.6 Å². The quantitative estimate of drug-likeness (QED) is 0.588. The van der Waals surface area contributed by atoms with E-state index in [1.165, 1.54) is 0 Å². The molecule has 0 aliphatic carbocycles. The van der Waals surface area contributed by atoms with Gasteiger partial charge in [-0.3, -0.25) is 19.2 Å². The molecule has 9 nitrogen and oxygen atoms in total. The van der Waals surface area contributed by atoms with Crippen LogP contribution in [0.5, 0.6) is 0 Å². The maximum Gasteiger partial charge on any atom is 0.259 e. The second-order valence-electron chi connectivity index (χ2n) is 10.7. The van der Waals surface area contributed by atoms with E-state index in [9.17, 15) is 9.59 Å². The molecule has 9 heteroatoms. The molecule has 0 unspecified atom stereocenters. The molecule has 0 radical (unpaired) electrons. The normalized spacial score (nSPS) is 20.9. The number of pyridine rings is 1. The molecule has 0 saturated carbocycles. The zero-order valence-corrected chi connectivity index (χ0v) is 21.2. The summed E-state index contributed by atoms with van der Waals surface area (Å²) < 4.78 is 12.8. The highest BCUT2D eigenvalue weighted by molar-refractivity contribution is 6.07. The van der Waals surface area contributed by atoms with Gasteiger partial charge in [0.05, 0.1) is 35.3 Å². The van der Waals surface area contributed by atoms with Crippen molar-refractivity contribution in [2.45, 2.75) is 44.7 Å². The van der Waals surface area contributed by atoms with Crippen LogP contribution in [0.1, 0.15) is 47.6 Å². The molecule has 0 atom stereocenters. The molecule has 1 aromatic carbocycles. The third kappa shape index (κ3) is 4.13. The highest BCUT2D eigenvalue weighted by atomic mass is 16.5. The molecular formula is C27H35N5O4. The van der Waals surface area contributed by atoms with Crippen molar-refractivity contribution < 1.29 is 14.3 Å². The number of rotatable bonds is 5. The van der Waals surface area contributed by atoms with E-state index in [0.29, 0.717) is 36.1 Å². The van der Waals surface area contributed by atoms with Crippen LogP contribution in [-0.2, 0) is 9.47 Å². The number of nitrogens with zero attached hydrogens (tertiary/aromatic N) is 4. The van der Waals surface area contributed by atoms with Crippen molar-refractivity contribution in [2.24, 2.45) is 5.92 Å². The molecule has 2 aromatic heterocycles. The number of hydrogen-bond acceptors (Lipinski definition) is 6. The van der Waals surface area contributed by atoms with Crippen LogP contribution in [0, 0.1) is 12.8 Å². The molecule has 3 saturated heterocycles. The Morgan fingerprint density at radius 3 is 2.58 bits per heavy atom. The van der Waals surface area contributed by atoms with Crippen LogP contribution in [0.2, 0.25) is 0 Å². The minimum absolute atomic E-state index is 0.0743. The number of carbonyl (C=O) groups is 1. The number of benzene rings is 1. The summed E-state index contributed by atoms with van der Waals surface area (Å²) in [6, 6.07) is 4.65. The van der Waals surface area contributed by atoms with Crippen LogP contribution in [0.4, 0.5) is 0 Å². The minimum atomic E-state index is -0.143. The summed E-state index contributed by atoms with van der Waals surface area (Å²) in [5, 5.41) is 6.05. The highest BCUT2D eigenvalue weighted by Crippen LogP contribution is 2.31. The SMILES string of the molecule is COCC1CN(C2CCN(C(=O)c3cc4c(cc3C)[nH]c(=O)c3cnn(C5CCOCC5)c34)CC2)C1. The molecule has 192 valence electrons. The van der Waals surface area contributed by atoms with E-state index in [2.05, 4.69) is 15.0 Å². The number of piperidine rings is 1. The summed E-state index contributed by atoms with van der Waals surface area (Å²) in [4.78, 5) is 34.0. The van der Waals surface area contributed by atoms with Gasteiger partial charge in [-0.2, -0.15) is 5.10 Å². The molecular weight excluding hydrogens is 458 g/mol. The van der Waals surface area contributed by atoms with E-state index in [0.717, 1.165) is 80.5 Å². The zero-order valence-electron chi connectivity index (χ0n) is 21.2. The Kier molecular flexibility index (Phi) is 6.31. The fourth-order valence-corrected chi connectivity index (χ4v) is 6.28. The van der Waals surface area contributed by atoms with Crippen molar-refractivity contribution in [1.29, 1.82) is 0 Å². The number of aromatic amines is 1. The lowest BCUT2D eigenvalue weighted by Gasteiger charge is -2.47. The van der Waals surface area contributed by atoms with Gasteiger partial charge in [-0.05, 0) is 50.3 Å². The maximum atomic E-state index is 13.7. The van der Waals surface area contributed by atoms with E-state index in [1.54, 1.807) is 13.3 Å². The average Bonchev–Trinajstić information content (AvgIpc) is 3.32. The number of nitrogens with one attached hydrogen (secondary N) is 1. The van der Waals surface area contributed by atoms with Gasteiger partial charge in [-0.15, -0.1) is 0 Å². The number of likely N-dealkylation sites (tertiary alicyclic amines) is 2.